The molecule has 1 atom stereocenters. The predicted molar refractivity (Wildman–Crippen MR) is 73.9 cm³/mol. The van der Waals surface area contributed by atoms with Crippen molar-refractivity contribution >= 4 is 22.5 Å². The van der Waals surface area contributed by atoms with Gasteiger partial charge in [-0.15, -0.1) is 0 Å². The molecule has 0 saturated heterocycles. The van der Waals surface area contributed by atoms with Gasteiger partial charge >= 0.3 is 0 Å². The molecule has 2 rings (SSSR count). The van der Waals surface area contributed by atoms with Crippen LogP contribution in [0, 0.1) is 0 Å². The fourth-order valence-electron chi connectivity index (χ4n) is 1.80. The Balaban J connectivity index is 2.25. The third kappa shape index (κ3) is 2.57. The quantitative estimate of drug-likeness (QED) is 0.870. The second-order valence-corrected chi connectivity index (χ2v) is 5.36. The Morgan fingerprint density at radius 3 is 2.62 bits per heavy atom. The number of hydrogen-bond donors (Lipinski definition) is 1. The molecule has 0 bridgehead atoms. The van der Waals surface area contributed by atoms with Gasteiger partial charge in [-0.2, -0.15) is 11.8 Å². The Morgan fingerprint density at radius 1 is 1.12 bits per heavy atom. The molecule has 0 amide bonds. The van der Waals surface area contributed by atoms with E-state index in [1.807, 2.05) is 11.8 Å². The summed E-state index contributed by atoms with van der Waals surface area (Å²) in [6.07, 6.45) is 0. The van der Waals surface area contributed by atoms with E-state index in [1.165, 1.54) is 16.3 Å². The summed E-state index contributed by atoms with van der Waals surface area (Å²) in [6, 6.07) is 15.2. The summed E-state index contributed by atoms with van der Waals surface area (Å²) in [6.45, 7) is 2.99. The van der Waals surface area contributed by atoms with Gasteiger partial charge in [0.15, 0.2) is 0 Å². The lowest BCUT2D eigenvalue weighted by molar-refractivity contribution is 1.08. The minimum Gasteiger partial charge on any atom is -0.330 e. The predicted octanol–water partition coefficient (Wildman–Crippen LogP) is 3.59. The van der Waals surface area contributed by atoms with Crippen molar-refractivity contribution in [2.24, 2.45) is 5.73 Å². The van der Waals surface area contributed by atoms with E-state index in [-0.39, 0.29) is 0 Å². The van der Waals surface area contributed by atoms with Crippen molar-refractivity contribution < 1.29 is 0 Å². The van der Waals surface area contributed by atoms with Crippen molar-refractivity contribution in [3.8, 4) is 0 Å². The molecule has 0 heterocycles. The molecule has 0 radical (unpaired) electrons. The number of benzene rings is 2. The normalized spacial score (nSPS) is 12.9. The zero-order chi connectivity index (χ0) is 11.4. The van der Waals surface area contributed by atoms with Crippen LogP contribution in [0.15, 0.2) is 42.5 Å². The lowest BCUT2D eigenvalue weighted by atomic mass is 10.1. The van der Waals surface area contributed by atoms with Gasteiger partial charge in [-0.05, 0) is 23.3 Å². The molecule has 2 aromatic rings. The molecule has 84 valence electrons. The van der Waals surface area contributed by atoms with Gasteiger partial charge in [-0.3, -0.25) is 0 Å². The first-order valence-corrected chi connectivity index (χ1v) is 6.66. The van der Waals surface area contributed by atoms with Gasteiger partial charge in [0.05, 0.1) is 0 Å². The average Bonchev–Trinajstić information content (AvgIpc) is 2.35. The summed E-state index contributed by atoms with van der Waals surface area (Å²) < 4.78 is 0. The van der Waals surface area contributed by atoms with Crippen molar-refractivity contribution in [3.63, 3.8) is 0 Å². The largest absolute Gasteiger partial charge is 0.330 e. The van der Waals surface area contributed by atoms with Gasteiger partial charge in [0.2, 0.25) is 0 Å². The first-order valence-electron chi connectivity index (χ1n) is 5.61. The van der Waals surface area contributed by atoms with E-state index in [0.717, 1.165) is 12.3 Å². The van der Waals surface area contributed by atoms with Crippen molar-refractivity contribution in [1.29, 1.82) is 0 Å². The lowest BCUT2D eigenvalue weighted by Gasteiger charge is -2.11. The zero-order valence-electron chi connectivity index (χ0n) is 9.52. The second-order valence-electron chi connectivity index (χ2n) is 3.91. The summed E-state index contributed by atoms with van der Waals surface area (Å²) >= 11 is 1.91. The topological polar surface area (TPSA) is 26.0 Å². The molecule has 0 fully saturated rings. The van der Waals surface area contributed by atoms with Crippen LogP contribution in [0.4, 0.5) is 0 Å². The third-order valence-corrected chi connectivity index (χ3v) is 3.97. The highest BCUT2D eigenvalue weighted by Crippen LogP contribution is 2.29. The second kappa shape index (κ2) is 5.37. The molecule has 2 N–H and O–H groups in total. The van der Waals surface area contributed by atoms with Gasteiger partial charge < -0.3 is 5.73 Å². The molecule has 0 aliphatic carbocycles. The lowest BCUT2D eigenvalue weighted by Crippen LogP contribution is -2.02. The highest BCUT2D eigenvalue weighted by atomic mass is 32.2. The number of thioether (sulfide) groups is 1. The van der Waals surface area contributed by atoms with Crippen molar-refractivity contribution in [2.45, 2.75) is 12.2 Å². The molecule has 0 aromatic heterocycles. The number of nitrogens with two attached hydrogens (primary N) is 1. The fourth-order valence-corrected chi connectivity index (χ4v) is 2.63. The van der Waals surface area contributed by atoms with Crippen LogP contribution in [0.5, 0.6) is 0 Å². The standard InChI is InChI=1S/C14H17NS/c1-11(16-9-8-15)13-7-6-12-4-2-3-5-14(12)10-13/h2-7,10-11H,8-9,15H2,1H3. The van der Waals surface area contributed by atoms with Crippen LogP contribution >= 0.6 is 11.8 Å². The van der Waals surface area contributed by atoms with Crippen LogP contribution in [0.25, 0.3) is 10.8 Å². The van der Waals surface area contributed by atoms with Crippen LogP contribution in [0.1, 0.15) is 17.7 Å². The summed E-state index contributed by atoms with van der Waals surface area (Å²) in [5.41, 5.74) is 6.91. The average molecular weight is 231 g/mol. The van der Waals surface area contributed by atoms with Crippen LogP contribution in [-0.4, -0.2) is 12.3 Å². The highest BCUT2D eigenvalue weighted by molar-refractivity contribution is 7.99. The van der Waals surface area contributed by atoms with Crippen LogP contribution < -0.4 is 5.73 Å². The first kappa shape index (κ1) is 11.5. The maximum absolute atomic E-state index is 5.52. The first-order chi connectivity index (χ1) is 7.81. The summed E-state index contributed by atoms with van der Waals surface area (Å²) in [4.78, 5) is 0. The molecule has 0 aliphatic rings. The molecule has 1 unspecified atom stereocenters. The van der Waals surface area contributed by atoms with E-state index in [1.54, 1.807) is 0 Å². The summed E-state index contributed by atoms with van der Waals surface area (Å²) in [7, 11) is 0. The molecule has 0 aliphatic heterocycles. The summed E-state index contributed by atoms with van der Waals surface area (Å²) in [5.74, 6) is 1.02. The van der Waals surface area contributed by atoms with E-state index in [9.17, 15) is 0 Å². The molecule has 2 aromatic carbocycles. The fraction of sp³-hybridized carbons (Fsp3) is 0.286. The number of hydrogen-bond acceptors (Lipinski definition) is 2. The maximum atomic E-state index is 5.52. The maximum Gasteiger partial charge on any atom is 0.0269 e. The zero-order valence-corrected chi connectivity index (χ0v) is 10.3. The van der Waals surface area contributed by atoms with Crippen molar-refractivity contribution in [2.75, 3.05) is 12.3 Å². The molecule has 2 heteroatoms. The highest BCUT2D eigenvalue weighted by Gasteiger charge is 2.05. The number of rotatable bonds is 4. The van der Waals surface area contributed by atoms with Crippen LogP contribution in [0.2, 0.25) is 0 Å². The smallest absolute Gasteiger partial charge is 0.0269 e. The Hall–Kier alpha value is -0.990. The van der Waals surface area contributed by atoms with E-state index in [0.29, 0.717) is 5.25 Å². The molecule has 16 heavy (non-hydrogen) atoms. The van der Waals surface area contributed by atoms with Crippen LogP contribution in [-0.2, 0) is 0 Å². The molecular weight excluding hydrogens is 214 g/mol. The SMILES string of the molecule is CC(SCCN)c1ccc2ccccc2c1. The summed E-state index contributed by atoms with van der Waals surface area (Å²) in [5, 5.41) is 3.15. The molecule has 0 saturated carbocycles. The number of fused-ring (bicyclic) bond motifs is 1. The van der Waals surface area contributed by atoms with E-state index >= 15 is 0 Å². The Morgan fingerprint density at radius 2 is 1.88 bits per heavy atom. The van der Waals surface area contributed by atoms with Gasteiger partial charge in [0, 0.05) is 17.5 Å². The Labute approximate surface area is 101 Å². The van der Waals surface area contributed by atoms with Crippen LogP contribution in [0.3, 0.4) is 0 Å². The molecule has 1 nitrogen and oxygen atoms in total. The molecular formula is C14H17NS. The minimum absolute atomic E-state index is 0.521. The third-order valence-electron chi connectivity index (χ3n) is 2.73. The van der Waals surface area contributed by atoms with Gasteiger partial charge in [0.1, 0.15) is 0 Å². The van der Waals surface area contributed by atoms with Gasteiger partial charge in [-0.25, -0.2) is 0 Å². The van der Waals surface area contributed by atoms with Gasteiger partial charge in [-0.1, -0.05) is 42.5 Å². The monoisotopic (exact) mass is 231 g/mol. The van der Waals surface area contributed by atoms with E-state index < -0.39 is 0 Å². The van der Waals surface area contributed by atoms with Crippen molar-refractivity contribution in [1.82, 2.24) is 0 Å². The Bertz CT molecular complexity index is 467. The van der Waals surface area contributed by atoms with Crippen molar-refractivity contribution in [3.05, 3.63) is 48.0 Å². The van der Waals surface area contributed by atoms with E-state index in [2.05, 4.69) is 49.4 Å². The van der Waals surface area contributed by atoms with Gasteiger partial charge in [0.25, 0.3) is 0 Å². The Kier molecular flexibility index (Phi) is 3.86. The minimum atomic E-state index is 0.521. The van der Waals surface area contributed by atoms with E-state index in [4.69, 9.17) is 5.73 Å². The molecule has 0 spiro atoms.